The minimum absolute atomic E-state index is 0.228. The van der Waals surface area contributed by atoms with Crippen molar-refractivity contribution in [3.05, 3.63) is 0 Å². The van der Waals surface area contributed by atoms with Crippen LogP contribution in [0.3, 0.4) is 0 Å². The molecule has 17 heavy (non-hydrogen) atoms. The van der Waals surface area contributed by atoms with Gasteiger partial charge in [0.2, 0.25) is 0 Å². The number of carboxylic acid groups (broad SMARTS) is 1. The standard InChI is InChI=1S/C12H18N2O3/c1-4-7-14(8-10-5-6-10)12(17)13(3)9(2)11(15)16/h1,9-10H,5-8H2,2-3H3,(H,15,16). The molecule has 1 aliphatic carbocycles. The first kappa shape index (κ1) is 13.4. The molecule has 1 saturated carbocycles. The molecule has 0 spiro atoms. The highest BCUT2D eigenvalue weighted by Crippen LogP contribution is 2.29. The Labute approximate surface area is 101 Å². The van der Waals surface area contributed by atoms with E-state index in [0.29, 0.717) is 12.5 Å². The first-order valence-corrected chi connectivity index (χ1v) is 5.65. The molecule has 1 aliphatic rings. The summed E-state index contributed by atoms with van der Waals surface area (Å²) in [5.41, 5.74) is 0. The second-order valence-electron chi connectivity index (χ2n) is 4.44. The molecule has 1 rings (SSSR count). The van der Waals surface area contributed by atoms with E-state index in [4.69, 9.17) is 11.5 Å². The molecule has 0 radical (unpaired) electrons. The van der Waals surface area contributed by atoms with Crippen molar-refractivity contribution in [2.45, 2.75) is 25.8 Å². The summed E-state index contributed by atoms with van der Waals surface area (Å²) in [6.07, 6.45) is 7.46. The number of hydrogen-bond acceptors (Lipinski definition) is 2. The second kappa shape index (κ2) is 5.58. The third-order valence-electron chi connectivity index (χ3n) is 2.97. The van der Waals surface area contributed by atoms with E-state index in [-0.39, 0.29) is 12.6 Å². The minimum atomic E-state index is -1.02. The van der Waals surface area contributed by atoms with Crippen LogP contribution in [-0.4, -0.2) is 53.1 Å². The number of amides is 2. The molecule has 0 saturated heterocycles. The van der Waals surface area contributed by atoms with Crippen molar-refractivity contribution in [2.24, 2.45) is 5.92 Å². The van der Waals surface area contributed by atoms with Crippen LogP contribution in [0.5, 0.6) is 0 Å². The highest BCUT2D eigenvalue weighted by molar-refractivity contribution is 5.82. The molecule has 94 valence electrons. The number of rotatable bonds is 5. The Hall–Kier alpha value is -1.70. The molecule has 2 amide bonds. The smallest absolute Gasteiger partial charge is 0.326 e. The van der Waals surface area contributed by atoms with Gasteiger partial charge in [0.15, 0.2) is 0 Å². The number of carboxylic acids is 1. The monoisotopic (exact) mass is 238 g/mol. The lowest BCUT2D eigenvalue weighted by atomic mass is 10.3. The Morgan fingerprint density at radius 3 is 2.53 bits per heavy atom. The molecule has 5 nitrogen and oxygen atoms in total. The fourth-order valence-electron chi connectivity index (χ4n) is 1.49. The lowest BCUT2D eigenvalue weighted by Crippen LogP contribution is -2.48. The molecular formula is C12H18N2O3. The predicted molar refractivity (Wildman–Crippen MR) is 63.4 cm³/mol. The molecule has 0 bridgehead atoms. The van der Waals surface area contributed by atoms with Gasteiger partial charge < -0.3 is 14.9 Å². The number of aliphatic carboxylic acids is 1. The molecule has 0 aromatic rings. The van der Waals surface area contributed by atoms with Crippen LogP contribution < -0.4 is 0 Å². The normalized spacial score (nSPS) is 15.8. The SMILES string of the molecule is C#CCN(CC1CC1)C(=O)N(C)C(C)C(=O)O. The van der Waals surface area contributed by atoms with E-state index in [9.17, 15) is 9.59 Å². The summed E-state index contributed by atoms with van der Waals surface area (Å²) in [6, 6.07) is -1.16. The Bertz CT molecular complexity index is 344. The molecule has 0 aromatic carbocycles. The van der Waals surface area contributed by atoms with E-state index in [1.165, 1.54) is 23.8 Å². The average molecular weight is 238 g/mol. The molecule has 0 aliphatic heterocycles. The quantitative estimate of drug-likeness (QED) is 0.722. The van der Waals surface area contributed by atoms with Crippen molar-refractivity contribution in [1.29, 1.82) is 0 Å². The van der Waals surface area contributed by atoms with Crippen LogP contribution in [-0.2, 0) is 4.79 Å². The Balaban J connectivity index is 2.62. The fourth-order valence-corrected chi connectivity index (χ4v) is 1.49. The maximum Gasteiger partial charge on any atom is 0.326 e. The molecule has 1 N–H and O–H groups in total. The van der Waals surface area contributed by atoms with Gasteiger partial charge >= 0.3 is 12.0 Å². The highest BCUT2D eigenvalue weighted by Gasteiger charge is 2.30. The van der Waals surface area contributed by atoms with Gasteiger partial charge in [0.1, 0.15) is 6.04 Å². The number of carbonyl (C=O) groups excluding carboxylic acids is 1. The first-order valence-electron chi connectivity index (χ1n) is 5.65. The van der Waals surface area contributed by atoms with Crippen molar-refractivity contribution in [3.63, 3.8) is 0 Å². The lowest BCUT2D eigenvalue weighted by molar-refractivity contribution is -0.141. The van der Waals surface area contributed by atoms with Crippen molar-refractivity contribution < 1.29 is 14.7 Å². The van der Waals surface area contributed by atoms with Crippen LogP contribution in [0, 0.1) is 18.3 Å². The van der Waals surface area contributed by atoms with Crippen LogP contribution in [0.2, 0.25) is 0 Å². The Morgan fingerprint density at radius 1 is 1.53 bits per heavy atom. The molecular weight excluding hydrogens is 220 g/mol. The highest BCUT2D eigenvalue weighted by atomic mass is 16.4. The molecule has 0 heterocycles. The van der Waals surface area contributed by atoms with Gasteiger partial charge in [-0.05, 0) is 25.7 Å². The van der Waals surface area contributed by atoms with Crippen molar-refractivity contribution >= 4 is 12.0 Å². The van der Waals surface area contributed by atoms with Gasteiger partial charge in [-0.2, -0.15) is 0 Å². The third kappa shape index (κ3) is 3.66. The van der Waals surface area contributed by atoms with Crippen molar-refractivity contribution in [3.8, 4) is 12.3 Å². The fraction of sp³-hybridized carbons (Fsp3) is 0.667. The number of terminal acetylenes is 1. The van der Waals surface area contributed by atoms with E-state index < -0.39 is 12.0 Å². The minimum Gasteiger partial charge on any atom is -0.480 e. The van der Waals surface area contributed by atoms with E-state index in [1.807, 2.05) is 0 Å². The Morgan fingerprint density at radius 2 is 2.12 bits per heavy atom. The third-order valence-corrected chi connectivity index (χ3v) is 2.97. The van der Waals surface area contributed by atoms with Crippen LogP contribution in [0.1, 0.15) is 19.8 Å². The van der Waals surface area contributed by atoms with E-state index in [0.717, 1.165) is 12.8 Å². The largest absolute Gasteiger partial charge is 0.480 e. The molecule has 1 fully saturated rings. The van der Waals surface area contributed by atoms with E-state index >= 15 is 0 Å². The summed E-state index contributed by atoms with van der Waals surface area (Å²) >= 11 is 0. The number of urea groups is 1. The summed E-state index contributed by atoms with van der Waals surface area (Å²) in [5.74, 6) is 1.94. The molecule has 5 heteroatoms. The van der Waals surface area contributed by atoms with E-state index in [2.05, 4.69) is 5.92 Å². The molecule has 1 atom stereocenters. The van der Waals surface area contributed by atoms with Crippen LogP contribution >= 0.6 is 0 Å². The summed E-state index contributed by atoms with van der Waals surface area (Å²) in [6.45, 7) is 2.33. The van der Waals surface area contributed by atoms with Crippen LogP contribution in [0.4, 0.5) is 4.79 Å². The summed E-state index contributed by atoms with van der Waals surface area (Å²) in [7, 11) is 1.48. The maximum absolute atomic E-state index is 12.0. The molecule has 1 unspecified atom stereocenters. The topological polar surface area (TPSA) is 60.9 Å². The van der Waals surface area contributed by atoms with E-state index in [1.54, 1.807) is 0 Å². The average Bonchev–Trinajstić information content (AvgIpc) is 3.09. The van der Waals surface area contributed by atoms with Gasteiger partial charge in [-0.15, -0.1) is 6.42 Å². The zero-order valence-electron chi connectivity index (χ0n) is 10.2. The summed E-state index contributed by atoms with van der Waals surface area (Å²) in [4.78, 5) is 25.6. The van der Waals surface area contributed by atoms with Crippen molar-refractivity contribution in [2.75, 3.05) is 20.1 Å². The van der Waals surface area contributed by atoms with Gasteiger partial charge in [-0.3, -0.25) is 0 Å². The van der Waals surface area contributed by atoms with Gasteiger partial charge in [0.25, 0.3) is 0 Å². The van der Waals surface area contributed by atoms with Crippen LogP contribution in [0.15, 0.2) is 0 Å². The summed E-state index contributed by atoms with van der Waals surface area (Å²) < 4.78 is 0. The van der Waals surface area contributed by atoms with Gasteiger partial charge in [-0.25, -0.2) is 9.59 Å². The summed E-state index contributed by atoms with van der Waals surface area (Å²) in [5, 5.41) is 8.85. The number of carbonyl (C=O) groups is 2. The number of likely N-dealkylation sites (N-methyl/N-ethyl adjacent to an activating group) is 1. The zero-order valence-corrected chi connectivity index (χ0v) is 10.2. The van der Waals surface area contributed by atoms with Gasteiger partial charge in [-0.1, -0.05) is 5.92 Å². The number of hydrogen-bond donors (Lipinski definition) is 1. The zero-order chi connectivity index (χ0) is 13.0. The first-order chi connectivity index (χ1) is 7.97. The van der Waals surface area contributed by atoms with Crippen molar-refractivity contribution in [1.82, 2.24) is 9.80 Å². The second-order valence-corrected chi connectivity index (χ2v) is 4.44. The maximum atomic E-state index is 12.0. The molecule has 0 aromatic heterocycles. The Kier molecular flexibility index (Phi) is 4.38. The number of nitrogens with zero attached hydrogens (tertiary/aromatic N) is 2. The van der Waals surface area contributed by atoms with Crippen LogP contribution in [0.25, 0.3) is 0 Å². The van der Waals surface area contributed by atoms with Gasteiger partial charge in [0, 0.05) is 13.6 Å². The predicted octanol–water partition coefficient (Wildman–Crippen LogP) is 0.857. The lowest BCUT2D eigenvalue weighted by Gasteiger charge is -2.29. The van der Waals surface area contributed by atoms with Gasteiger partial charge in [0.05, 0.1) is 6.54 Å².